The van der Waals surface area contributed by atoms with Gasteiger partial charge in [-0.2, -0.15) is 0 Å². The number of ether oxygens (including phenoxy) is 3. The maximum Gasteiger partial charge on any atom is 0.338 e. The second-order valence-corrected chi connectivity index (χ2v) is 5.13. The lowest BCUT2D eigenvalue weighted by Crippen LogP contribution is -2.35. The van der Waals surface area contributed by atoms with Crippen LogP contribution >= 0.6 is 0 Å². The number of esters is 1. The molecule has 0 aliphatic heterocycles. The van der Waals surface area contributed by atoms with Crippen LogP contribution < -0.4 is 14.8 Å². The highest BCUT2D eigenvalue weighted by atomic mass is 16.5. The summed E-state index contributed by atoms with van der Waals surface area (Å²) in [7, 11) is 1.53. The van der Waals surface area contributed by atoms with Crippen molar-refractivity contribution < 1.29 is 23.8 Å². The minimum atomic E-state index is -0.577. The lowest BCUT2D eigenvalue weighted by atomic mass is 10.2. The Bertz CT molecular complexity index is 530. The maximum absolute atomic E-state index is 12.0. The van der Waals surface area contributed by atoms with Gasteiger partial charge in [0.2, 0.25) is 0 Å². The van der Waals surface area contributed by atoms with Gasteiger partial charge in [-0.15, -0.1) is 0 Å². The summed E-state index contributed by atoms with van der Waals surface area (Å²) in [6.45, 7) is 5.95. The fourth-order valence-electron chi connectivity index (χ4n) is 2.11. The van der Waals surface area contributed by atoms with Crippen molar-refractivity contribution in [3.63, 3.8) is 0 Å². The quantitative estimate of drug-likeness (QED) is 0.707. The van der Waals surface area contributed by atoms with Crippen molar-refractivity contribution in [2.24, 2.45) is 0 Å². The molecule has 6 heteroatoms. The minimum Gasteiger partial charge on any atom is -0.493 e. The highest BCUT2D eigenvalue weighted by molar-refractivity contribution is 5.92. The Labute approximate surface area is 137 Å². The van der Waals surface area contributed by atoms with E-state index in [1.165, 1.54) is 7.11 Å². The molecule has 0 spiro atoms. The van der Waals surface area contributed by atoms with Crippen molar-refractivity contribution >= 4 is 11.9 Å². The number of nitrogens with one attached hydrogen (secondary N) is 1. The van der Waals surface area contributed by atoms with Crippen molar-refractivity contribution in [2.75, 3.05) is 20.3 Å². The van der Waals surface area contributed by atoms with Crippen molar-refractivity contribution in [3.8, 4) is 11.5 Å². The van der Waals surface area contributed by atoms with Crippen LogP contribution in [0.2, 0.25) is 0 Å². The number of carbonyl (C=O) groups is 2. The Morgan fingerprint density at radius 3 is 2.57 bits per heavy atom. The summed E-state index contributed by atoms with van der Waals surface area (Å²) in [5, 5.41) is 2.78. The standard InChI is InChI=1S/C17H25NO5/c1-5-7-12(3)18-16(19)11-23-17(20)13-8-9-14(21-4)15(10-13)22-6-2/h8-10,12H,5-7,11H2,1-4H3,(H,18,19). The zero-order chi connectivity index (χ0) is 17.2. The van der Waals surface area contributed by atoms with Gasteiger partial charge in [-0.25, -0.2) is 4.79 Å². The zero-order valence-electron chi connectivity index (χ0n) is 14.2. The molecule has 1 aromatic carbocycles. The van der Waals surface area contributed by atoms with E-state index in [9.17, 15) is 9.59 Å². The molecule has 0 saturated heterocycles. The number of hydrogen-bond donors (Lipinski definition) is 1. The molecule has 0 radical (unpaired) electrons. The Kier molecular flexibility index (Phi) is 7.94. The van der Waals surface area contributed by atoms with Crippen molar-refractivity contribution in [3.05, 3.63) is 23.8 Å². The van der Waals surface area contributed by atoms with Crippen LogP contribution in [0.1, 0.15) is 44.0 Å². The lowest BCUT2D eigenvalue weighted by molar-refractivity contribution is -0.124. The Balaban J connectivity index is 2.61. The van der Waals surface area contributed by atoms with Gasteiger partial charge in [-0.05, 0) is 38.5 Å². The molecule has 0 saturated carbocycles. The largest absolute Gasteiger partial charge is 0.493 e. The monoisotopic (exact) mass is 323 g/mol. The molecule has 0 heterocycles. The first kappa shape index (κ1) is 18.8. The van der Waals surface area contributed by atoms with Gasteiger partial charge in [0.15, 0.2) is 18.1 Å². The van der Waals surface area contributed by atoms with Gasteiger partial charge < -0.3 is 19.5 Å². The summed E-state index contributed by atoms with van der Waals surface area (Å²) in [6, 6.07) is 4.81. The normalized spacial score (nSPS) is 11.5. The molecule has 0 aliphatic rings. The van der Waals surface area contributed by atoms with Crippen LogP contribution in [0.5, 0.6) is 11.5 Å². The molecule has 1 aromatic rings. The van der Waals surface area contributed by atoms with Crippen LogP contribution in [0.4, 0.5) is 0 Å². The molecule has 128 valence electrons. The minimum absolute atomic E-state index is 0.0664. The zero-order valence-corrected chi connectivity index (χ0v) is 14.2. The second kappa shape index (κ2) is 9.71. The van der Waals surface area contributed by atoms with Crippen molar-refractivity contribution in [1.82, 2.24) is 5.32 Å². The summed E-state index contributed by atoms with van der Waals surface area (Å²) in [6.07, 6.45) is 1.86. The Hall–Kier alpha value is -2.24. The molecule has 1 atom stereocenters. The molecule has 0 aliphatic carbocycles. The molecule has 0 aromatic heterocycles. The summed E-state index contributed by atoms with van der Waals surface area (Å²) < 4.78 is 15.6. The predicted octanol–water partition coefficient (Wildman–Crippen LogP) is 2.56. The van der Waals surface area contributed by atoms with E-state index in [1.807, 2.05) is 20.8 Å². The highest BCUT2D eigenvalue weighted by Gasteiger charge is 2.14. The first-order valence-electron chi connectivity index (χ1n) is 7.79. The van der Waals surface area contributed by atoms with Crippen LogP contribution in [0.15, 0.2) is 18.2 Å². The van der Waals surface area contributed by atoms with Gasteiger partial charge >= 0.3 is 5.97 Å². The first-order valence-corrected chi connectivity index (χ1v) is 7.79. The smallest absolute Gasteiger partial charge is 0.338 e. The molecular formula is C17H25NO5. The van der Waals surface area contributed by atoms with Crippen molar-refractivity contribution in [1.29, 1.82) is 0 Å². The van der Waals surface area contributed by atoms with E-state index in [0.717, 1.165) is 12.8 Å². The number of methoxy groups -OCH3 is 1. The number of carbonyl (C=O) groups excluding carboxylic acids is 2. The van der Waals surface area contributed by atoms with Crippen molar-refractivity contribution in [2.45, 2.75) is 39.7 Å². The van der Waals surface area contributed by atoms with Gasteiger partial charge in [0.25, 0.3) is 5.91 Å². The maximum atomic E-state index is 12.0. The molecule has 1 N–H and O–H groups in total. The van der Waals surface area contributed by atoms with Gasteiger partial charge in [-0.1, -0.05) is 13.3 Å². The molecule has 1 amide bonds. The number of rotatable bonds is 9. The van der Waals surface area contributed by atoms with Gasteiger partial charge in [-0.3, -0.25) is 4.79 Å². The third-order valence-corrected chi connectivity index (χ3v) is 3.16. The first-order chi connectivity index (χ1) is 11.0. The van der Waals surface area contributed by atoms with E-state index in [-0.39, 0.29) is 18.6 Å². The highest BCUT2D eigenvalue weighted by Crippen LogP contribution is 2.28. The van der Waals surface area contributed by atoms with Gasteiger partial charge in [0.1, 0.15) is 0 Å². The molecular weight excluding hydrogens is 298 g/mol. The summed E-state index contributed by atoms with van der Waals surface area (Å²) in [4.78, 5) is 23.7. The van der Waals surface area contributed by atoms with E-state index in [4.69, 9.17) is 14.2 Å². The summed E-state index contributed by atoms with van der Waals surface area (Å²) in [5.74, 6) is 0.116. The summed E-state index contributed by atoms with van der Waals surface area (Å²) >= 11 is 0. The third-order valence-electron chi connectivity index (χ3n) is 3.16. The number of hydrogen-bond acceptors (Lipinski definition) is 5. The average molecular weight is 323 g/mol. The SMILES string of the molecule is CCCC(C)NC(=O)COC(=O)c1ccc(OC)c(OCC)c1. The molecule has 23 heavy (non-hydrogen) atoms. The predicted molar refractivity (Wildman–Crippen MR) is 87.0 cm³/mol. The van der Waals surface area contributed by atoms with Crippen LogP contribution in [0.3, 0.4) is 0 Å². The van der Waals surface area contributed by atoms with Gasteiger partial charge in [0.05, 0.1) is 19.3 Å². The third kappa shape index (κ3) is 6.18. The number of benzene rings is 1. The van der Waals surface area contributed by atoms with E-state index >= 15 is 0 Å². The average Bonchev–Trinajstić information content (AvgIpc) is 2.53. The fourth-order valence-corrected chi connectivity index (χ4v) is 2.11. The lowest BCUT2D eigenvalue weighted by Gasteiger charge is -2.13. The molecule has 1 unspecified atom stereocenters. The van der Waals surface area contributed by atoms with Gasteiger partial charge in [0, 0.05) is 6.04 Å². The van der Waals surface area contributed by atoms with Crippen LogP contribution in [0, 0.1) is 0 Å². The van der Waals surface area contributed by atoms with E-state index < -0.39 is 5.97 Å². The topological polar surface area (TPSA) is 73.9 Å². The van der Waals surface area contributed by atoms with Crippen LogP contribution in [-0.4, -0.2) is 38.2 Å². The second-order valence-electron chi connectivity index (χ2n) is 5.13. The molecule has 1 rings (SSSR count). The molecule has 6 nitrogen and oxygen atoms in total. The van der Waals surface area contributed by atoms with E-state index in [1.54, 1.807) is 18.2 Å². The Morgan fingerprint density at radius 2 is 1.96 bits per heavy atom. The van der Waals surface area contributed by atoms with Crippen LogP contribution in [-0.2, 0) is 9.53 Å². The van der Waals surface area contributed by atoms with E-state index in [2.05, 4.69) is 5.32 Å². The Morgan fingerprint density at radius 1 is 1.22 bits per heavy atom. The molecule has 0 bridgehead atoms. The summed E-state index contributed by atoms with van der Waals surface area (Å²) in [5.41, 5.74) is 0.309. The van der Waals surface area contributed by atoms with Crippen LogP contribution in [0.25, 0.3) is 0 Å². The number of amides is 1. The molecule has 0 fully saturated rings. The van der Waals surface area contributed by atoms with E-state index in [0.29, 0.717) is 23.7 Å². The fraction of sp³-hybridized carbons (Fsp3) is 0.529.